The molecule has 1 N–H and O–H groups in total. The summed E-state index contributed by atoms with van der Waals surface area (Å²) in [5.41, 5.74) is 4.13. The van der Waals surface area contributed by atoms with Crippen molar-refractivity contribution in [2.45, 2.75) is 45.1 Å². The van der Waals surface area contributed by atoms with Crippen molar-refractivity contribution >= 4 is 0 Å². The summed E-state index contributed by atoms with van der Waals surface area (Å²) in [6.07, 6.45) is 5.50. The Morgan fingerprint density at radius 2 is 2.20 bits per heavy atom. The molecular weight excluding hydrogens is 314 g/mol. The summed E-state index contributed by atoms with van der Waals surface area (Å²) >= 11 is 0. The van der Waals surface area contributed by atoms with Crippen LogP contribution in [0.3, 0.4) is 0 Å². The molecule has 1 aromatic heterocycles. The summed E-state index contributed by atoms with van der Waals surface area (Å²) in [5.74, 6) is 0.925. The molecule has 1 aromatic carbocycles. The van der Waals surface area contributed by atoms with E-state index >= 15 is 0 Å². The smallest absolute Gasteiger partial charge is 0.264 e. The van der Waals surface area contributed by atoms with Crippen LogP contribution in [-0.4, -0.2) is 40.8 Å². The fourth-order valence-electron chi connectivity index (χ4n) is 4.02. The summed E-state index contributed by atoms with van der Waals surface area (Å²) in [6.45, 7) is 5.41. The molecule has 5 nitrogen and oxygen atoms in total. The monoisotopic (exact) mass is 339 g/mol. The van der Waals surface area contributed by atoms with Crippen molar-refractivity contribution < 1.29 is 4.74 Å². The molecule has 0 amide bonds. The van der Waals surface area contributed by atoms with Crippen LogP contribution in [0.15, 0.2) is 29.1 Å². The van der Waals surface area contributed by atoms with Gasteiger partial charge in [0.05, 0.1) is 12.3 Å². The zero-order chi connectivity index (χ0) is 17.2. The van der Waals surface area contributed by atoms with E-state index in [2.05, 4.69) is 34.2 Å². The van der Waals surface area contributed by atoms with Gasteiger partial charge in [0.2, 0.25) is 0 Å². The third kappa shape index (κ3) is 3.47. The summed E-state index contributed by atoms with van der Waals surface area (Å²) in [5, 5.41) is 6.70. The highest BCUT2D eigenvalue weighted by Gasteiger charge is 2.20. The second kappa shape index (κ2) is 7.00. The molecule has 2 aliphatic rings. The summed E-state index contributed by atoms with van der Waals surface area (Å²) in [7, 11) is 0. The normalized spacial score (nSPS) is 19.5. The Labute approximate surface area is 148 Å². The Hall–Kier alpha value is -2.14. The van der Waals surface area contributed by atoms with Crippen molar-refractivity contribution in [1.82, 2.24) is 15.1 Å². The molecule has 1 atom stereocenters. The number of ether oxygens (including phenoxy) is 1. The molecule has 1 unspecified atom stereocenters. The van der Waals surface area contributed by atoms with Crippen molar-refractivity contribution in [1.29, 1.82) is 0 Å². The fraction of sp³-hybridized carbons (Fsp3) is 0.500. The van der Waals surface area contributed by atoms with Gasteiger partial charge in [-0.1, -0.05) is 6.07 Å². The molecule has 1 aliphatic carbocycles. The first-order valence-corrected chi connectivity index (χ1v) is 9.29. The van der Waals surface area contributed by atoms with Crippen LogP contribution in [0.5, 0.6) is 5.75 Å². The molecule has 2 aromatic rings. The summed E-state index contributed by atoms with van der Waals surface area (Å²) in [6, 6.07) is 8.57. The van der Waals surface area contributed by atoms with E-state index in [-0.39, 0.29) is 5.56 Å². The van der Waals surface area contributed by atoms with Crippen LogP contribution in [0, 0.1) is 0 Å². The van der Waals surface area contributed by atoms with E-state index in [1.54, 1.807) is 6.07 Å². The molecule has 25 heavy (non-hydrogen) atoms. The van der Waals surface area contributed by atoms with E-state index in [0.29, 0.717) is 0 Å². The van der Waals surface area contributed by atoms with Crippen molar-refractivity contribution in [2.75, 3.05) is 19.7 Å². The summed E-state index contributed by atoms with van der Waals surface area (Å²) < 4.78 is 5.97. The lowest BCUT2D eigenvalue weighted by molar-refractivity contribution is 0.230. The van der Waals surface area contributed by atoms with Gasteiger partial charge in [-0.05, 0) is 68.8 Å². The number of hydrogen-bond acceptors (Lipinski definition) is 4. The van der Waals surface area contributed by atoms with Gasteiger partial charge in [0, 0.05) is 24.2 Å². The van der Waals surface area contributed by atoms with Gasteiger partial charge in [-0.2, -0.15) is 5.10 Å². The van der Waals surface area contributed by atoms with E-state index in [0.717, 1.165) is 61.0 Å². The number of likely N-dealkylation sites (tertiary alicyclic amines) is 1. The van der Waals surface area contributed by atoms with Crippen LogP contribution < -0.4 is 10.3 Å². The Bertz CT molecular complexity index is 815. The topological polar surface area (TPSA) is 58.2 Å². The molecule has 1 fully saturated rings. The van der Waals surface area contributed by atoms with Crippen LogP contribution in [0.1, 0.15) is 37.4 Å². The number of nitrogens with one attached hydrogen (secondary N) is 1. The second-order valence-electron chi connectivity index (χ2n) is 7.14. The number of hydrogen-bond donors (Lipinski definition) is 1. The van der Waals surface area contributed by atoms with Crippen molar-refractivity contribution in [2.24, 2.45) is 0 Å². The largest absolute Gasteiger partial charge is 0.494 e. The quantitative estimate of drug-likeness (QED) is 0.851. The first kappa shape index (κ1) is 16.3. The lowest BCUT2D eigenvalue weighted by Crippen LogP contribution is -2.28. The molecule has 0 saturated carbocycles. The number of H-pyrrole nitrogens is 1. The predicted molar refractivity (Wildman–Crippen MR) is 98.1 cm³/mol. The van der Waals surface area contributed by atoms with Gasteiger partial charge in [0.1, 0.15) is 5.75 Å². The standard InChI is InChI=1S/C20H25N3O2/c1-14-4-2-9-23(14)10-3-11-25-16-6-7-17-15(12-16)5-8-19-18(17)13-20(24)22-21-19/h6-7,12-14H,2-5,8-11H2,1H3,(H,22,24). The number of aromatic amines is 1. The van der Waals surface area contributed by atoms with Gasteiger partial charge in [-0.25, -0.2) is 5.10 Å². The highest BCUT2D eigenvalue weighted by molar-refractivity contribution is 5.72. The summed E-state index contributed by atoms with van der Waals surface area (Å²) in [4.78, 5) is 14.1. The third-order valence-electron chi connectivity index (χ3n) is 5.43. The van der Waals surface area contributed by atoms with Crippen molar-refractivity contribution in [3.05, 3.63) is 45.9 Å². The van der Waals surface area contributed by atoms with Crippen LogP contribution in [0.2, 0.25) is 0 Å². The number of aromatic nitrogens is 2. The van der Waals surface area contributed by atoms with E-state index in [4.69, 9.17) is 4.74 Å². The molecule has 4 rings (SSSR count). The van der Waals surface area contributed by atoms with Gasteiger partial charge in [0.15, 0.2) is 0 Å². The number of aryl methyl sites for hydroxylation is 2. The molecule has 2 heterocycles. The van der Waals surface area contributed by atoms with Crippen molar-refractivity contribution in [3.63, 3.8) is 0 Å². The van der Waals surface area contributed by atoms with Crippen LogP contribution in [0.4, 0.5) is 0 Å². The van der Waals surface area contributed by atoms with Crippen LogP contribution in [0.25, 0.3) is 11.1 Å². The van der Waals surface area contributed by atoms with Crippen molar-refractivity contribution in [3.8, 4) is 16.9 Å². The molecular formula is C20H25N3O2. The average Bonchev–Trinajstić information content (AvgIpc) is 3.03. The Kier molecular flexibility index (Phi) is 4.57. The maximum absolute atomic E-state index is 11.6. The SMILES string of the molecule is CC1CCCN1CCCOc1ccc2c(c1)CCc1n[nH]c(=O)cc1-2. The average molecular weight is 339 g/mol. The predicted octanol–water partition coefficient (Wildman–Crippen LogP) is 2.79. The van der Waals surface area contributed by atoms with Crippen LogP contribution in [-0.2, 0) is 12.8 Å². The van der Waals surface area contributed by atoms with Gasteiger partial charge in [-0.15, -0.1) is 0 Å². The number of benzene rings is 1. The highest BCUT2D eigenvalue weighted by atomic mass is 16.5. The first-order chi connectivity index (χ1) is 12.2. The highest BCUT2D eigenvalue weighted by Crippen LogP contribution is 2.33. The Balaban J connectivity index is 1.39. The minimum atomic E-state index is -0.150. The maximum Gasteiger partial charge on any atom is 0.264 e. The first-order valence-electron chi connectivity index (χ1n) is 9.29. The zero-order valence-electron chi connectivity index (χ0n) is 14.8. The maximum atomic E-state index is 11.6. The molecule has 0 radical (unpaired) electrons. The third-order valence-corrected chi connectivity index (χ3v) is 5.43. The Morgan fingerprint density at radius 3 is 3.04 bits per heavy atom. The zero-order valence-corrected chi connectivity index (χ0v) is 14.8. The molecule has 1 aliphatic heterocycles. The van der Waals surface area contributed by atoms with Crippen LogP contribution >= 0.6 is 0 Å². The van der Waals surface area contributed by atoms with Gasteiger partial charge in [-0.3, -0.25) is 4.79 Å². The number of rotatable bonds is 5. The van der Waals surface area contributed by atoms with E-state index in [9.17, 15) is 4.79 Å². The molecule has 1 saturated heterocycles. The lowest BCUT2D eigenvalue weighted by atomic mass is 9.89. The van der Waals surface area contributed by atoms with Gasteiger partial charge < -0.3 is 9.64 Å². The van der Waals surface area contributed by atoms with E-state index in [1.807, 2.05) is 6.07 Å². The van der Waals surface area contributed by atoms with E-state index in [1.165, 1.54) is 24.9 Å². The number of nitrogens with zero attached hydrogens (tertiary/aromatic N) is 2. The second-order valence-corrected chi connectivity index (χ2v) is 7.14. The molecule has 5 heteroatoms. The molecule has 132 valence electrons. The minimum Gasteiger partial charge on any atom is -0.494 e. The fourth-order valence-corrected chi connectivity index (χ4v) is 4.02. The van der Waals surface area contributed by atoms with Gasteiger partial charge >= 0.3 is 0 Å². The molecule has 0 bridgehead atoms. The molecule has 0 spiro atoms. The lowest BCUT2D eigenvalue weighted by Gasteiger charge is -2.21. The van der Waals surface area contributed by atoms with Gasteiger partial charge in [0.25, 0.3) is 5.56 Å². The minimum absolute atomic E-state index is 0.150. The van der Waals surface area contributed by atoms with E-state index < -0.39 is 0 Å². The number of fused-ring (bicyclic) bond motifs is 3. The Morgan fingerprint density at radius 1 is 1.28 bits per heavy atom.